The van der Waals surface area contributed by atoms with Crippen LogP contribution in [-0.4, -0.2) is 47.0 Å². The van der Waals surface area contributed by atoms with Gasteiger partial charge in [-0.25, -0.2) is 9.67 Å². The van der Waals surface area contributed by atoms with E-state index in [1.807, 2.05) is 12.3 Å². The van der Waals surface area contributed by atoms with E-state index >= 15 is 0 Å². The molecule has 2 aliphatic rings. The molecule has 0 amide bonds. The fourth-order valence-electron chi connectivity index (χ4n) is 3.71. The smallest absolute Gasteiger partial charge is 0.128 e. The summed E-state index contributed by atoms with van der Waals surface area (Å²) in [4.78, 5) is 6.85. The van der Waals surface area contributed by atoms with Gasteiger partial charge in [-0.15, -0.1) is 0 Å². The molecule has 0 saturated carbocycles. The van der Waals surface area contributed by atoms with Gasteiger partial charge in [0.2, 0.25) is 0 Å². The Morgan fingerprint density at radius 1 is 1.29 bits per heavy atom. The Morgan fingerprint density at radius 2 is 2.17 bits per heavy atom. The number of aromatic nitrogens is 3. The standard InChI is InChI=1S/C18H26N6/c1-14-10-18-21-12-15(13-24(18)22-14)11-20-16-5-8-23(9-6-16)17-4-2-3-7-19-17/h2-4,7,10,15-16,20-21H,5-6,8-9,11-13H2,1H3/t15-/m1/s1. The lowest BCUT2D eigenvalue weighted by Gasteiger charge is -2.34. The molecule has 1 fully saturated rings. The third-order valence-corrected chi connectivity index (χ3v) is 5.07. The van der Waals surface area contributed by atoms with E-state index in [1.165, 1.54) is 12.8 Å². The molecule has 0 spiro atoms. The second kappa shape index (κ2) is 6.81. The Hall–Kier alpha value is -2.08. The molecule has 2 N–H and O–H groups in total. The molecular formula is C18H26N6. The molecule has 6 heteroatoms. The molecule has 2 aliphatic heterocycles. The van der Waals surface area contributed by atoms with Crippen LogP contribution >= 0.6 is 0 Å². The highest BCUT2D eigenvalue weighted by Crippen LogP contribution is 2.20. The molecule has 24 heavy (non-hydrogen) atoms. The normalized spacial score (nSPS) is 21.4. The topological polar surface area (TPSA) is 58.0 Å². The number of nitrogens with one attached hydrogen (secondary N) is 2. The average Bonchev–Trinajstić information content (AvgIpc) is 3.00. The average molecular weight is 326 g/mol. The van der Waals surface area contributed by atoms with E-state index in [1.54, 1.807) is 0 Å². The van der Waals surface area contributed by atoms with E-state index in [0.29, 0.717) is 12.0 Å². The fourth-order valence-corrected chi connectivity index (χ4v) is 3.71. The van der Waals surface area contributed by atoms with Gasteiger partial charge < -0.3 is 15.5 Å². The molecule has 2 aromatic rings. The van der Waals surface area contributed by atoms with Crippen LogP contribution in [-0.2, 0) is 6.54 Å². The first-order valence-electron chi connectivity index (χ1n) is 8.95. The molecule has 1 atom stereocenters. The second-order valence-corrected chi connectivity index (χ2v) is 6.96. The van der Waals surface area contributed by atoms with Gasteiger partial charge in [0.15, 0.2) is 0 Å². The molecule has 2 aromatic heterocycles. The van der Waals surface area contributed by atoms with E-state index in [4.69, 9.17) is 0 Å². The van der Waals surface area contributed by atoms with Crippen molar-refractivity contribution in [2.45, 2.75) is 32.4 Å². The van der Waals surface area contributed by atoms with Gasteiger partial charge in [-0.2, -0.15) is 5.10 Å². The van der Waals surface area contributed by atoms with Crippen molar-refractivity contribution in [1.82, 2.24) is 20.1 Å². The zero-order chi connectivity index (χ0) is 16.4. The number of pyridine rings is 1. The predicted molar refractivity (Wildman–Crippen MR) is 96.4 cm³/mol. The van der Waals surface area contributed by atoms with Crippen LogP contribution in [0.3, 0.4) is 0 Å². The second-order valence-electron chi connectivity index (χ2n) is 6.96. The number of fused-ring (bicyclic) bond motifs is 1. The van der Waals surface area contributed by atoms with Gasteiger partial charge in [0.25, 0.3) is 0 Å². The molecular weight excluding hydrogens is 300 g/mol. The van der Waals surface area contributed by atoms with Crippen molar-refractivity contribution in [2.24, 2.45) is 5.92 Å². The predicted octanol–water partition coefficient (Wildman–Crippen LogP) is 1.89. The fraction of sp³-hybridized carbons (Fsp3) is 0.556. The first-order valence-corrected chi connectivity index (χ1v) is 8.95. The lowest BCUT2D eigenvalue weighted by molar-refractivity contribution is 0.342. The quantitative estimate of drug-likeness (QED) is 0.898. The van der Waals surface area contributed by atoms with Crippen LogP contribution in [0.5, 0.6) is 0 Å². The van der Waals surface area contributed by atoms with Crippen LogP contribution in [0.25, 0.3) is 0 Å². The van der Waals surface area contributed by atoms with E-state index in [2.05, 4.69) is 55.4 Å². The highest BCUT2D eigenvalue weighted by Gasteiger charge is 2.23. The summed E-state index contributed by atoms with van der Waals surface area (Å²) >= 11 is 0. The lowest BCUT2D eigenvalue weighted by atomic mass is 10.0. The first-order chi connectivity index (χ1) is 11.8. The molecule has 4 heterocycles. The van der Waals surface area contributed by atoms with Crippen LogP contribution in [0.2, 0.25) is 0 Å². The maximum absolute atomic E-state index is 4.55. The van der Waals surface area contributed by atoms with Crippen LogP contribution in [0.15, 0.2) is 30.5 Å². The van der Waals surface area contributed by atoms with Crippen LogP contribution in [0.1, 0.15) is 18.5 Å². The molecule has 0 radical (unpaired) electrons. The first kappa shape index (κ1) is 15.4. The van der Waals surface area contributed by atoms with Crippen molar-refractivity contribution in [1.29, 1.82) is 0 Å². The Kier molecular flexibility index (Phi) is 4.38. The zero-order valence-electron chi connectivity index (χ0n) is 14.3. The van der Waals surface area contributed by atoms with Crippen LogP contribution in [0.4, 0.5) is 11.6 Å². The molecule has 4 rings (SSSR count). The molecule has 128 valence electrons. The minimum atomic E-state index is 0.602. The third kappa shape index (κ3) is 3.38. The Bertz CT molecular complexity index is 659. The Labute approximate surface area is 143 Å². The van der Waals surface area contributed by atoms with Gasteiger partial charge in [-0.3, -0.25) is 0 Å². The van der Waals surface area contributed by atoms with Gasteiger partial charge in [0.05, 0.1) is 5.69 Å². The summed E-state index contributed by atoms with van der Waals surface area (Å²) in [7, 11) is 0. The van der Waals surface area contributed by atoms with Crippen molar-refractivity contribution in [2.75, 3.05) is 36.4 Å². The van der Waals surface area contributed by atoms with Gasteiger partial charge in [0.1, 0.15) is 11.6 Å². The number of aryl methyl sites for hydroxylation is 1. The lowest BCUT2D eigenvalue weighted by Crippen LogP contribution is -2.45. The number of anilines is 2. The summed E-state index contributed by atoms with van der Waals surface area (Å²) in [5.41, 5.74) is 1.09. The van der Waals surface area contributed by atoms with Gasteiger partial charge in [0, 0.05) is 56.9 Å². The summed E-state index contributed by atoms with van der Waals surface area (Å²) in [6.45, 7) is 7.32. The van der Waals surface area contributed by atoms with E-state index in [-0.39, 0.29) is 0 Å². The van der Waals surface area contributed by atoms with Gasteiger partial charge >= 0.3 is 0 Å². The maximum Gasteiger partial charge on any atom is 0.128 e. The zero-order valence-corrected chi connectivity index (χ0v) is 14.3. The summed E-state index contributed by atoms with van der Waals surface area (Å²) < 4.78 is 2.11. The van der Waals surface area contributed by atoms with Crippen molar-refractivity contribution in [3.63, 3.8) is 0 Å². The molecule has 0 aromatic carbocycles. The third-order valence-electron chi connectivity index (χ3n) is 5.07. The SMILES string of the molecule is Cc1cc2n(n1)C[C@H](CNC1CCN(c3ccccn3)CC1)CN2. The van der Waals surface area contributed by atoms with Crippen molar-refractivity contribution < 1.29 is 0 Å². The monoisotopic (exact) mass is 326 g/mol. The molecule has 1 saturated heterocycles. The molecule has 6 nitrogen and oxygen atoms in total. The summed E-state index contributed by atoms with van der Waals surface area (Å²) in [5, 5.41) is 11.8. The van der Waals surface area contributed by atoms with E-state index in [9.17, 15) is 0 Å². The molecule has 0 aliphatic carbocycles. The van der Waals surface area contributed by atoms with Gasteiger partial charge in [-0.05, 0) is 31.9 Å². The maximum atomic E-state index is 4.55. The number of rotatable bonds is 4. The highest BCUT2D eigenvalue weighted by molar-refractivity contribution is 5.39. The largest absolute Gasteiger partial charge is 0.370 e. The summed E-state index contributed by atoms with van der Waals surface area (Å²) in [6, 6.07) is 8.88. The van der Waals surface area contributed by atoms with Crippen molar-refractivity contribution in [3.05, 3.63) is 36.2 Å². The number of nitrogens with zero attached hydrogens (tertiary/aromatic N) is 4. The van der Waals surface area contributed by atoms with E-state index < -0.39 is 0 Å². The van der Waals surface area contributed by atoms with Crippen molar-refractivity contribution in [3.8, 4) is 0 Å². The highest BCUT2D eigenvalue weighted by atomic mass is 15.3. The Morgan fingerprint density at radius 3 is 2.96 bits per heavy atom. The Balaban J connectivity index is 1.24. The molecule has 0 bridgehead atoms. The summed E-state index contributed by atoms with van der Waals surface area (Å²) in [5.74, 6) is 2.87. The van der Waals surface area contributed by atoms with Crippen LogP contribution < -0.4 is 15.5 Å². The number of hydrogen-bond acceptors (Lipinski definition) is 5. The number of hydrogen-bond donors (Lipinski definition) is 2. The van der Waals surface area contributed by atoms with Gasteiger partial charge in [-0.1, -0.05) is 6.07 Å². The molecule has 0 unspecified atom stereocenters. The van der Waals surface area contributed by atoms with Crippen LogP contribution in [0, 0.1) is 12.8 Å². The van der Waals surface area contributed by atoms with Crippen molar-refractivity contribution >= 4 is 11.6 Å². The minimum absolute atomic E-state index is 0.602. The number of piperidine rings is 1. The van der Waals surface area contributed by atoms with E-state index in [0.717, 1.165) is 50.1 Å². The summed E-state index contributed by atoms with van der Waals surface area (Å²) in [6.07, 6.45) is 4.24. The minimum Gasteiger partial charge on any atom is -0.370 e.